The van der Waals surface area contributed by atoms with E-state index in [4.69, 9.17) is 4.74 Å². The number of carboxylic acid groups (broad SMARTS) is 1. The van der Waals surface area contributed by atoms with Gasteiger partial charge in [0.1, 0.15) is 0 Å². The number of carbonyl (C=O) groups excluding carboxylic acids is 1. The van der Waals surface area contributed by atoms with Gasteiger partial charge < -0.3 is 9.84 Å². The van der Waals surface area contributed by atoms with Crippen LogP contribution in [0, 0.1) is 6.92 Å². The number of carbonyl (C=O) groups is 2. The lowest BCUT2D eigenvalue weighted by Crippen LogP contribution is -2.12. The third kappa shape index (κ3) is 3.10. The van der Waals surface area contributed by atoms with Gasteiger partial charge in [-0.2, -0.15) is 0 Å². The first-order chi connectivity index (χ1) is 11.1. The summed E-state index contributed by atoms with van der Waals surface area (Å²) in [5.74, 6) is -0.973. The third-order valence-corrected chi connectivity index (χ3v) is 4.61. The third-order valence-electron chi connectivity index (χ3n) is 3.47. The molecular weight excluding hydrogens is 312 g/mol. The zero-order valence-electron chi connectivity index (χ0n) is 12.4. The Kier molecular flexibility index (Phi) is 4.12. The fraction of sp³-hybridized carbons (Fsp3) is 0.111. The van der Waals surface area contributed by atoms with E-state index >= 15 is 0 Å². The Morgan fingerprint density at radius 3 is 2.48 bits per heavy atom. The minimum absolute atomic E-state index is 0.114. The van der Waals surface area contributed by atoms with Crippen molar-refractivity contribution < 1.29 is 19.4 Å². The molecule has 0 aliphatic rings. The van der Waals surface area contributed by atoms with Gasteiger partial charge in [0, 0.05) is 15.6 Å². The van der Waals surface area contributed by atoms with Gasteiger partial charge in [-0.1, -0.05) is 42.0 Å². The van der Waals surface area contributed by atoms with Crippen LogP contribution in [0.4, 0.5) is 0 Å². The van der Waals surface area contributed by atoms with Gasteiger partial charge in [0.15, 0.2) is 23.0 Å². The standard InChI is InChI=1S/C18H14O4S/c1-11-6-8-12(9-7-11)14(19)10-22-16-13-4-2-3-5-15(13)23-17(16)18(20)21/h2-9H,10H2,1H3,(H,20,21). The highest BCUT2D eigenvalue weighted by Gasteiger charge is 2.20. The highest BCUT2D eigenvalue weighted by molar-refractivity contribution is 7.21. The first-order valence-electron chi connectivity index (χ1n) is 7.04. The number of aryl methyl sites for hydroxylation is 1. The lowest BCUT2D eigenvalue weighted by molar-refractivity contribution is 0.0695. The Balaban J connectivity index is 1.86. The molecule has 3 rings (SSSR count). The van der Waals surface area contributed by atoms with Crippen LogP contribution in [0.15, 0.2) is 48.5 Å². The molecule has 0 saturated heterocycles. The Hall–Kier alpha value is -2.66. The average Bonchev–Trinajstić information content (AvgIpc) is 2.92. The normalized spacial score (nSPS) is 10.7. The summed E-state index contributed by atoms with van der Waals surface area (Å²) in [5.41, 5.74) is 1.62. The highest BCUT2D eigenvalue weighted by Crippen LogP contribution is 2.37. The van der Waals surface area contributed by atoms with Gasteiger partial charge in [0.2, 0.25) is 0 Å². The predicted molar refractivity (Wildman–Crippen MR) is 89.8 cm³/mol. The summed E-state index contributed by atoms with van der Waals surface area (Å²) in [6.45, 7) is 1.76. The van der Waals surface area contributed by atoms with Crippen LogP contribution in [0.1, 0.15) is 25.6 Å². The molecule has 3 aromatic rings. The van der Waals surface area contributed by atoms with Crippen LogP contribution in [0.3, 0.4) is 0 Å². The summed E-state index contributed by atoms with van der Waals surface area (Å²) in [5, 5.41) is 10.0. The van der Waals surface area contributed by atoms with Gasteiger partial charge in [-0.3, -0.25) is 4.79 Å². The Bertz CT molecular complexity index is 878. The Labute approximate surface area is 137 Å². The topological polar surface area (TPSA) is 63.6 Å². The van der Waals surface area contributed by atoms with Gasteiger partial charge in [0.25, 0.3) is 0 Å². The first kappa shape index (κ1) is 15.2. The van der Waals surface area contributed by atoms with Crippen molar-refractivity contribution in [1.82, 2.24) is 0 Å². The molecule has 1 N–H and O–H groups in total. The van der Waals surface area contributed by atoms with Crippen molar-refractivity contribution in [3.63, 3.8) is 0 Å². The van der Waals surface area contributed by atoms with E-state index in [-0.39, 0.29) is 23.0 Å². The molecule has 0 amide bonds. The molecule has 0 aliphatic heterocycles. The van der Waals surface area contributed by atoms with E-state index in [1.807, 2.05) is 37.3 Å². The lowest BCUT2D eigenvalue weighted by Gasteiger charge is -2.06. The minimum atomic E-state index is -1.05. The minimum Gasteiger partial charge on any atom is -0.483 e. The quantitative estimate of drug-likeness (QED) is 0.715. The molecule has 0 aliphatic carbocycles. The summed E-state index contributed by atoms with van der Waals surface area (Å²) in [7, 11) is 0. The maximum Gasteiger partial charge on any atom is 0.349 e. The summed E-state index contributed by atoms with van der Waals surface area (Å²) < 4.78 is 6.40. The molecule has 0 fully saturated rings. The first-order valence-corrected chi connectivity index (χ1v) is 7.85. The van der Waals surface area contributed by atoms with Crippen LogP contribution in [0.5, 0.6) is 5.75 Å². The molecule has 0 atom stereocenters. The second-order valence-corrected chi connectivity index (χ2v) is 6.19. The summed E-state index contributed by atoms with van der Waals surface area (Å²) in [6.07, 6.45) is 0. The molecule has 4 nitrogen and oxygen atoms in total. The van der Waals surface area contributed by atoms with Gasteiger partial charge in [-0.05, 0) is 19.1 Å². The van der Waals surface area contributed by atoms with Gasteiger partial charge in [-0.25, -0.2) is 4.79 Å². The smallest absolute Gasteiger partial charge is 0.349 e. The number of ketones is 1. The molecule has 0 spiro atoms. The fourth-order valence-electron chi connectivity index (χ4n) is 2.27. The lowest BCUT2D eigenvalue weighted by atomic mass is 10.1. The summed E-state index contributed by atoms with van der Waals surface area (Å²) in [4.78, 5) is 23.7. The number of carboxylic acids is 1. The van der Waals surface area contributed by atoms with E-state index in [1.165, 1.54) is 0 Å². The molecule has 5 heteroatoms. The molecule has 0 bridgehead atoms. The average molecular weight is 326 g/mol. The van der Waals surface area contributed by atoms with Crippen molar-refractivity contribution in [1.29, 1.82) is 0 Å². The van der Waals surface area contributed by atoms with Crippen LogP contribution in [0.25, 0.3) is 10.1 Å². The van der Waals surface area contributed by atoms with E-state index in [0.29, 0.717) is 10.9 Å². The Morgan fingerprint density at radius 1 is 1.09 bits per heavy atom. The fourth-order valence-corrected chi connectivity index (χ4v) is 3.25. The van der Waals surface area contributed by atoms with E-state index in [9.17, 15) is 14.7 Å². The largest absolute Gasteiger partial charge is 0.483 e. The number of aromatic carboxylic acids is 1. The van der Waals surface area contributed by atoms with Crippen LogP contribution >= 0.6 is 11.3 Å². The second-order valence-electron chi connectivity index (χ2n) is 5.14. The summed E-state index contributed by atoms with van der Waals surface area (Å²) >= 11 is 1.15. The van der Waals surface area contributed by atoms with Crippen molar-refractivity contribution in [2.45, 2.75) is 6.92 Å². The molecular formula is C18H14O4S. The highest BCUT2D eigenvalue weighted by atomic mass is 32.1. The molecule has 1 heterocycles. The molecule has 0 radical (unpaired) electrons. The van der Waals surface area contributed by atoms with Crippen molar-refractivity contribution in [3.05, 3.63) is 64.5 Å². The molecule has 0 saturated carbocycles. The van der Waals surface area contributed by atoms with E-state index in [2.05, 4.69) is 0 Å². The van der Waals surface area contributed by atoms with Crippen LogP contribution in [-0.2, 0) is 0 Å². The summed E-state index contributed by atoms with van der Waals surface area (Å²) in [6, 6.07) is 14.5. The van der Waals surface area contributed by atoms with Crippen LogP contribution < -0.4 is 4.74 Å². The van der Waals surface area contributed by atoms with Crippen molar-refractivity contribution in [2.24, 2.45) is 0 Å². The van der Waals surface area contributed by atoms with Gasteiger partial charge in [-0.15, -0.1) is 11.3 Å². The number of ether oxygens (including phenoxy) is 1. The molecule has 1 aromatic heterocycles. The van der Waals surface area contributed by atoms with Crippen LogP contribution in [0.2, 0.25) is 0 Å². The van der Waals surface area contributed by atoms with Crippen molar-refractivity contribution in [2.75, 3.05) is 6.61 Å². The number of hydrogen-bond acceptors (Lipinski definition) is 4. The number of benzene rings is 2. The predicted octanol–water partition coefficient (Wildman–Crippen LogP) is 4.17. The number of thiophene rings is 1. The molecule has 116 valence electrons. The number of Topliss-reactive ketones (excluding diaryl/α,β-unsaturated/α-hetero) is 1. The molecule has 0 unspecified atom stereocenters. The number of fused-ring (bicyclic) bond motifs is 1. The molecule has 2 aromatic carbocycles. The molecule has 23 heavy (non-hydrogen) atoms. The van der Waals surface area contributed by atoms with Gasteiger partial charge in [0.05, 0.1) is 0 Å². The van der Waals surface area contributed by atoms with E-state index in [1.54, 1.807) is 18.2 Å². The zero-order valence-corrected chi connectivity index (χ0v) is 13.2. The van der Waals surface area contributed by atoms with Crippen molar-refractivity contribution >= 4 is 33.2 Å². The van der Waals surface area contributed by atoms with Gasteiger partial charge >= 0.3 is 5.97 Å². The maximum absolute atomic E-state index is 12.2. The number of rotatable bonds is 5. The number of hydrogen-bond donors (Lipinski definition) is 1. The van der Waals surface area contributed by atoms with Crippen LogP contribution in [-0.4, -0.2) is 23.5 Å². The van der Waals surface area contributed by atoms with E-state index < -0.39 is 5.97 Å². The monoisotopic (exact) mass is 326 g/mol. The van der Waals surface area contributed by atoms with Crippen molar-refractivity contribution in [3.8, 4) is 5.75 Å². The SMILES string of the molecule is Cc1ccc(C(=O)COc2c(C(=O)O)sc3ccccc23)cc1. The van der Waals surface area contributed by atoms with E-state index in [0.717, 1.165) is 21.6 Å². The maximum atomic E-state index is 12.2. The second kappa shape index (κ2) is 6.22. The zero-order chi connectivity index (χ0) is 16.4. The Morgan fingerprint density at radius 2 is 1.78 bits per heavy atom.